The van der Waals surface area contributed by atoms with Gasteiger partial charge in [-0.15, -0.1) is 0 Å². The molecule has 0 heterocycles. The number of hydrogen-bond acceptors (Lipinski definition) is 10. The molecule has 1 fully saturated rings. The van der Waals surface area contributed by atoms with Gasteiger partial charge in [0.25, 0.3) is 0 Å². The Hall–Kier alpha value is -4.15. The van der Waals surface area contributed by atoms with E-state index in [9.17, 15) is 24.0 Å². The van der Waals surface area contributed by atoms with Crippen LogP contribution in [0, 0.1) is 11.8 Å². The molecule has 11 nitrogen and oxygen atoms in total. The molecule has 1 amide bonds. The zero-order valence-electron chi connectivity index (χ0n) is 24.7. The van der Waals surface area contributed by atoms with Crippen molar-refractivity contribution in [2.24, 2.45) is 11.8 Å². The van der Waals surface area contributed by atoms with Crippen LogP contribution in [0.2, 0.25) is 0 Å². The Morgan fingerprint density at radius 2 is 1.30 bits per heavy atom. The molecule has 0 atom stereocenters. The summed E-state index contributed by atoms with van der Waals surface area (Å²) in [6.07, 6.45) is 8.65. The zero-order chi connectivity index (χ0) is 31.3. The number of ether oxygens (including phenoxy) is 5. The van der Waals surface area contributed by atoms with E-state index >= 15 is 0 Å². The molecule has 0 radical (unpaired) electrons. The van der Waals surface area contributed by atoms with E-state index in [0.717, 1.165) is 50.7 Å². The van der Waals surface area contributed by atoms with Crippen LogP contribution in [0.4, 0.5) is 0 Å². The summed E-state index contributed by atoms with van der Waals surface area (Å²) < 4.78 is 25.9. The van der Waals surface area contributed by atoms with Crippen LogP contribution in [0.1, 0.15) is 64.2 Å². The van der Waals surface area contributed by atoms with E-state index in [1.165, 1.54) is 0 Å². The molecule has 0 unspecified atom stereocenters. The zero-order valence-corrected chi connectivity index (χ0v) is 24.7. The van der Waals surface area contributed by atoms with Crippen molar-refractivity contribution in [3.05, 3.63) is 49.6 Å². The van der Waals surface area contributed by atoms with E-state index in [1.807, 2.05) is 0 Å². The molecule has 0 saturated heterocycles. The van der Waals surface area contributed by atoms with Crippen molar-refractivity contribution >= 4 is 29.8 Å². The Kier molecular flexibility index (Phi) is 16.9. The van der Waals surface area contributed by atoms with Crippen LogP contribution in [0.25, 0.3) is 0 Å². The summed E-state index contributed by atoms with van der Waals surface area (Å²) in [5.41, 5.74) is 0. The van der Waals surface area contributed by atoms with Gasteiger partial charge in [-0.05, 0) is 81.5 Å². The van der Waals surface area contributed by atoms with Crippen molar-refractivity contribution in [2.75, 3.05) is 33.0 Å². The quantitative estimate of drug-likeness (QED) is 0.0758. The lowest BCUT2D eigenvalue weighted by molar-refractivity contribution is -0.150. The number of rotatable bonds is 20. The monoisotopic (exact) mass is 601 g/mol. The van der Waals surface area contributed by atoms with Gasteiger partial charge in [-0.1, -0.05) is 13.2 Å². The van der Waals surface area contributed by atoms with Crippen LogP contribution >= 0.6 is 0 Å². The summed E-state index contributed by atoms with van der Waals surface area (Å²) in [6.45, 7) is 7.93. The van der Waals surface area contributed by atoms with E-state index in [1.54, 1.807) is 24.3 Å². The third-order valence-electron chi connectivity index (χ3n) is 6.84. The lowest BCUT2D eigenvalue weighted by Gasteiger charge is -2.27. The average molecular weight is 602 g/mol. The minimum absolute atomic E-state index is 0.00732. The molecule has 1 N–H and O–H groups in total. The van der Waals surface area contributed by atoms with Gasteiger partial charge in [-0.2, -0.15) is 0 Å². The number of esters is 4. The Morgan fingerprint density at radius 3 is 1.95 bits per heavy atom. The van der Waals surface area contributed by atoms with Gasteiger partial charge in [0.05, 0.1) is 25.6 Å². The van der Waals surface area contributed by atoms with E-state index in [2.05, 4.69) is 18.5 Å². The van der Waals surface area contributed by atoms with Crippen LogP contribution in [0.5, 0.6) is 11.5 Å². The molecule has 0 spiro atoms. The van der Waals surface area contributed by atoms with Crippen molar-refractivity contribution < 1.29 is 47.7 Å². The molecule has 1 aliphatic rings. The Balaban J connectivity index is 1.53. The first kappa shape index (κ1) is 35.0. The van der Waals surface area contributed by atoms with E-state index in [0.29, 0.717) is 44.1 Å². The number of carbonyl (C=O) groups is 5. The van der Waals surface area contributed by atoms with Gasteiger partial charge in [0.2, 0.25) is 5.91 Å². The summed E-state index contributed by atoms with van der Waals surface area (Å²) in [4.78, 5) is 58.4. The van der Waals surface area contributed by atoms with Crippen LogP contribution in [-0.2, 0) is 38.2 Å². The fourth-order valence-corrected chi connectivity index (χ4v) is 4.38. The highest BCUT2D eigenvalue weighted by molar-refractivity contribution is 5.82. The topological polar surface area (TPSA) is 144 Å². The largest absolute Gasteiger partial charge is 0.494 e. The maximum atomic E-state index is 12.7. The number of hydrogen-bond donors (Lipinski definition) is 1. The van der Waals surface area contributed by atoms with Gasteiger partial charge in [0.15, 0.2) is 0 Å². The summed E-state index contributed by atoms with van der Waals surface area (Å²) in [5.74, 6) is -0.803. The fourth-order valence-electron chi connectivity index (χ4n) is 4.38. The maximum absolute atomic E-state index is 12.7. The Morgan fingerprint density at radius 1 is 0.721 bits per heavy atom. The maximum Gasteiger partial charge on any atom is 0.330 e. The first-order chi connectivity index (χ1) is 20.8. The molecule has 43 heavy (non-hydrogen) atoms. The molecule has 1 aromatic carbocycles. The van der Waals surface area contributed by atoms with Crippen molar-refractivity contribution in [1.82, 2.24) is 5.32 Å². The first-order valence-electron chi connectivity index (χ1n) is 14.8. The standard InChI is InChI=1S/C32H43NO10/c1-3-29(35)40-20-8-6-5-7-19-39-26-13-15-27(16-14-26)43-32(38)25-11-9-24(10-12-25)23-33-28(34)17-18-31(37)42-22-21-41-30(36)4-2/h3-4,13-16,24-25H,1-2,5-12,17-23H2,(H,33,34). The van der Waals surface area contributed by atoms with Gasteiger partial charge >= 0.3 is 23.9 Å². The predicted octanol–water partition coefficient (Wildman–Crippen LogP) is 4.24. The van der Waals surface area contributed by atoms with E-state index in [4.69, 9.17) is 23.7 Å². The second-order valence-electron chi connectivity index (χ2n) is 10.1. The molecule has 0 bridgehead atoms. The third-order valence-corrected chi connectivity index (χ3v) is 6.84. The number of carbonyl (C=O) groups excluding carboxylic acids is 5. The fraction of sp³-hybridized carbons (Fsp3) is 0.531. The molecule has 0 aliphatic heterocycles. The summed E-state index contributed by atoms with van der Waals surface area (Å²) in [5, 5.41) is 2.85. The second-order valence-corrected chi connectivity index (χ2v) is 10.1. The highest BCUT2D eigenvalue weighted by atomic mass is 16.6. The van der Waals surface area contributed by atoms with Crippen LogP contribution < -0.4 is 14.8 Å². The normalized spacial score (nSPS) is 15.8. The first-order valence-corrected chi connectivity index (χ1v) is 14.8. The number of nitrogens with one attached hydrogen (secondary N) is 1. The Bertz CT molecular complexity index is 1060. The molecular weight excluding hydrogens is 558 g/mol. The van der Waals surface area contributed by atoms with Crippen LogP contribution in [0.15, 0.2) is 49.6 Å². The second kappa shape index (κ2) is 20.7. The molecule has 1 saturated carbocycles. The number of unbranched alkanes of at least 4 members (excludes halogenated alkanes) is 3. The van der Waals surface area contributed by atoms with Crippen molar-refractivity contribution in [3.8, 4) is 11.5 Å². The smallest absolute Gasteiger partial charge is 0.330 e. The minimum Gasteiger partial charge on any atom is -0.494 e. The highest BCUT2D eigenvalue weighted by Crippen LogP contribution is 2.30. The van der Waals surface area contributed by atoms with Crippen molar-refractivity contribution in [3.63, 3.8) is 0 Å². The minimum atomic E-state index is -0.596. The van der Waals surface area contributed by atoms with Crippen LogP contribution in [-0.4, -0.2) is 62.8 Å². The summed E-state index contributed by atoms with van der Waals surface area (Å²) >= 11 is 0. The van der Waals surface area contributed by atoms with Gasteiger partial charge in [0.1, 0.15) is 24.7 Å². The van der Waals surface area contributed by atoms with Gasteiger partial charge in [-0.3, -0.25) is 14.4 Å². The number of amides is 1. The third kappa shape index (κ3) is 15.6. The van der Waals surface area contributed by atoms with Gasteiger partial charge in [0, 0.05) is 25.1 Å². The molecule has 2 rings (SSSR count). The summed E-state index contributed by atoms with van der Waals surface area (Å²) in [7, 11) is 0. The van der Waals surface area contributed by atoms with Crippen LogP contribution in [0.3, 0.4) is 0 Å². The number of benzene rings is 1. The van der Waals surface area contributed by atoms with E-state index < -0.39 is 17.9 Å². The Labute approximate surface area is 252 Å². The SMILES string of the molecule is C=CC(=O)OCCCCCCOc1ccc(OC(=O)C2CCC(CNC(=O)CCC(=O)OCCOC(=O)C=C)CC2)cc1. The molecule has 0 aromatic heterocycles. The van der Waals surface area contributed by atoms with Crippen molar-refractivity contribution in [2.45, 2.75) is 64.2 Å². The predicted molar refractivity (Wildman–Crippen MR) is 157 cm³/mol. The van der Waals surface area contributed by atoms with Crippen molar-refractivity contribution in [1.29, 1.82) is 0 Å². The average Bonchev–Trinajstić information content (AvgIpc) is 3.02. The molecular formula is C32H43NO10. The molecule has 11 heteroatoms. The lowest BCUT2D eigenvalue weighted by Crippen LogP contribution is -2.33. The summed E-state index contributed by atoms with van der Waals surface area (Å²) in [6, 6.07) is 6.99. The lowest BCUT2D eigenvalue weighted by atomic mass is 9.82. The molecule has 236 valence electrons. The van der Waals surface area contributed by atoms with E-state index in [-0.39, 0.29) is 49.8 Å². The highest BCUT2D eigenvalue weighted by Gasteiger charge is 2.28. The van der Waals surface area contributed by atoms with Gasteiger partial charge < -0.3 is 29.0 Å². The molecule has 1 aromatic rings. The van der Waals surface area contributed by atoms with Gasteiger partial charge in [-0.25, -0.2) is 9.59 Å². The molecule has 1 aliphatic carbocycles.